The molecule has 0 saturated carbocycles. The topological polar surface area (TPSA) is 65.8 Å². The van der Waals surface area contributed by atoms with Crippen molar-refractivity contribution in [3.05, 3.63) is 129 Å². The largest absolute Gasteiger partial charge is 0.422 e. The summed E-state index contributed by atoms with van der Waals surface area (Å²) in [5, 5.41) is 5.14. The molecular weight excluding hydrogens is 557 g/mol. The lowest BCUT2D eigenvalue weighted by Gasteiger charge is -2.36. The van der Waals surface area contributed by atoms with Crippen molar-refractivity contribution >= 4 is 51.5 Å². The van der Waals surface area contributed by atoms with Crippen LogP contribution in [0.3, 0.4) is 0 Å². The molecule has 5 aromatic rings. The lowest BCUT2D eigenvalue weighted by Crippen LogP contribution is -2.46. The minimum absolute atomic E-state index is 0.265. The molecule has 1 N–H and O–H groups in total. The second-order valence-electron chi connectivity index (χ2n) is 10.0. The van der Waals surface area contributed by atoms with E-state index in [1.54, 1.807) is 42.5 Å². The maximum Gasteiger partial charge on any atom is 0.344 e. The van der Waals surface area contributed by atoms with Gasteiger partial charge in [0.05, 0.1) is 16.3 Å². The Balaban J connectivity index is 1.08. The fourth-order valence-corrected chi connectivity index (χ4v) is 5.62. The highest BCUT2D eigenvalue weighted by Crippen LogP contribution is 2.30. The summed E-state index contributed by atoms with van der Waals surface area (Å²) in [7, 11) is 0. The fourth-order valence-electron chi connectivity index (χ4n) is 5.12. The quantitative estimate of drug-likeness (QED) is 0.212. The molecule has 1 saturated heterocycles. The van der Waals surface area contributed by atoms with Gasteiger partial charge in [0.15, 0.2) is 0 Å². The molecule has 0 aliphatic carbocycles. The number of halogens is 2. The highest BCUT2D eigenvalue weighted by molar-refractivity contribution is 6.33. The lowest BCUT2D eigenvalue weighted by atomic mass is 10.0. The first kappa shape index (κ1) is 27.1. The summed E-state index contributed by atoms with van der Waals surface area (Å²) in [6.07, 6.45) is 0. The van der Waals surface area contributed by atoms with Crippen LogP contribution in [0.25, 0.3) is 22.1 Å². The number of anilines is 2. The maximum absolute atomic E-state index is 13.0. The van der Waals surface area contributed by atoms with Crippen LogP contribution in [0.5, 0.6) is 0 Å². The van der Waals surface area contributed by atoms with Crippen molar-refractivity contribution in [1.82, 2.24) is 4.90 Å². The van der Waals surface area contributed by atoms with Gasteiger partial charge < -0.3 is 14.6 Å². The molecule has 206 valence electrons. The van der Waals surface area contributed by atoms with Gasteiger partial charge in [-0.05, 0) is 59.7 Å². The Hall–Kier alpha value is -4.10. The average molecular weight is 585 g/mol. The van der Waals surface area contributed by atoms with Crippen LogP contribution in [0.4, 0.5) is 11.4 Å². The van der Waals surface area contributed by atoms with E-state index in [0.717, 1.165) is 54.4 Å². The summed E-state index contributed by atoms with van der Waals surface area (Å²) in [6, 6.07) is 29.6. The SMILES string of the molecule is O=C(Nc1ccc(N2CCN(Cc3ccccc3Cl)CC2)c(Cl)c1)c1ccc(-c2cc3ccccc3oc2=O)cc1. The first-order chi connectivity index (χ1) is 19.9. The third-order valence-electron chi connectivity index (χ3n) is 7.37. The Bertz CT molecular complexity index is 1780. The Morgan fingerprint density at radius 3 is 2.29 bits per heavy atom. The molecular formula is C33H27Cl2N3O3. The van der Waals surface area contributed by atoms with Crippen LogP contribution in [0.2, 0.25) is 10.0 Å². The monoisotopic (exact) mass is 583 g/mol. The van der Waals surface area contributed by atoms with Crippen LogP contribution < -0.4 is 15.8 Å². The average Bonchev–Trinajstić information content (AvgIpc) is 2.99. The second-order valence-corrected chi connectivity index (χ2v) is 10.9. The second kappa shape index (κ2) is 11.8. The van der Waals surface area contributed by atoms with Crippen molar-refractivity contribution in [2.75, 3.05) is 36.4 Å². The summed E-state index contributed by atoms with van der Waals surface area (Å²) < 4.78 is 5.44. The molecule has 0 atom stereocenters. The van der Waals surface area contributed by atoms with E-state index in [1.165, 1.54) is 0 Å². The van der Waals surface area contributed by atoms with E-state index in [2.05, 4.69) is 21.2 Å². The Morgan fingerprint density at radius 2 is 1.54 bits per heavy atom. The van der Waals surface area contributed by atoms with E-state index in [4.69, 9.17) is 27.6 Å². The van der Waals surface area contributed by atoms with Crippen LogP contribution >= 0.6 is 23.2 Å². The Morgan fingerprint density at radius 1 is 0.805 bits per heavy atom. The third kappa shape index (κ3) is 6.00. The zero-order valence-corrected chi connectivity index (χ0v) is 23.7. The van der Waals surface area contributed by atoms with Gasteiger partial charge in [-0.25, -0.2) is 4.79 Å². The highest BCUT2D eigenvalue weighted by atomic mass is 35.5. The minimum atomic E-state index is -0.419. The lowest BCUT2D eigenvalue weighted by molar-refractivity contribution is 0.102. The molecule has 0 bridgehead atoms. The van der Waals surface area contributed by atoms with Crippen molar-refractivity contribution in [2.24, 2.45) is 0 Å². The van der Waals surface area contributed by atoms with Crippen LogP contribution in [0, 0.1) is 0 Å². The normalized spacial score (nSPS) is 13.9. The number of nitrogens with one attached hydrogen (secondary N) is 1. The predicted octanol–water partition coefficient (Wildman–Crippen LogP) is 7.34. The molecule has 41 heavy (non-hydrogen) atoms. The fraction of sp³-hybridized carbons (Fsp3) is 0.152. The van der Waals surface area contributed by atoms with Gasteiger partial charge in [0.25, 0.3) is 5.91 Å². The molecule has 2 heterocycles. The van der Waals surface area contributed by atoms with Gasteiger partial charge in [-0.2, -0.15) is 0 Å². The van der Waals surface area contributed by atoms with Crippen LogP contribution in [-0.4, -0.2) is 37.0 Å². The first-order valence-electron chi connectivity index (χ1n) is 13.4. The predicted molar refractivity (Wildman–Crippen MR) is 166 cm³/mol. The van der Waals surface area contributed by atoms with Gasteiger partial charge in [-0.15, -0.1) is 0 Å². The number of carbonyl (C=O) groups excluding carboxylic acids is 1. The number of fused-ring (bicyclic) bond motifs is 1. The van der Waals surface area contributed by atoms with E-state index >= 15 is 0 Å². The molecule has 0 unspecified atom stereocenters. The van der Waals surface area contributed by atoms with Crippen LogP contribution in [0.15, 0.2) is 106 Å². The van der Waals surface area contributed by atoms with Crippen LogP contribution in [-0.2, 0) is 6.54 Å². The number of amides is 1. The van der Waals surface area contributed by atoms with E-state index in [-0.39, 0.29) is 5.91 Å². The highest BCUT2D eigenvalue weighted by Gasteiger charge is 2.20. The Kier molecular flexibility index (Phi) is 7.79. The van der Waals surface area contributed by atoms with Gasteiger partial charge in [-0.1, -0.05) is 71.7 Å². The van der Waals surface area contributed by atoms with Gasteiger partial charge >= 0.3 is 5.63 Å². The third-order valence-corrected chi connectivity index (χ3v) is 8.04. The molecule has 0 spiro atoms. The minimum Gasteiger partial charge on any atom is -0.422 e. The summed E-state index contributed by atoms with van der Waals surface area (Å²) in [6.45, 7) is 4.31. The molecule has 1 aromatic heterocycles. The summed E-state index contributed by atoms with van der Waals surface area (Å²) in [4.78, 5) is 30.1. The zero-order valence-electron chi connectivity index (χ0n) is 22.1. The van der Waals surface area contributed by atoms with Gasteiger partial charge in [-0.3, -0.25) is 9.69 Å². The molecule has 1 aliphatic rings. The first-order valence-corrected chi connectivity index (χ1v) is 14.2. The number of rotatable bonds is 6. The summed E-state index contributed by atoms with van der Waals surface area (Å²) >= 11 is 13.0. The van der Waals surface area contributed by atoms with E-state index in [0.29, 0.717) is 33.0 Å². The van der Waals surface area contributed by atoms with Crippen molar-refractivity contribution in [2.45, 2.75) is 6.54 Å². The molecule has 1 amide bonds. The number of piperazine rings is 1. The number of carbonyl (C=O) groups is 1. The molecule has 6 nitrogen and oxygen atoms in total. The van der Waals surface area contributed by atoms with Crippen molar-refractivity contribution in [3.63, 3.8) is 0 Å². The number of hydrogen-bond acceptors (Lipinski definition) is 5. The number of benzene rings is 4. The van der Waals surface area contributed by atoms with Gasteiger partial charge in [0.2, 0.25) is 0 Å². The molecule has 4 aromatic carbocycles. The van der Waals surface area contributed by atoms with Gasteiger partial charge in [0, 0.05) is 54.4 Å². The number of hydrogen-bond donors (Lipinski definition) is 1. The maximum atomic E-state index is 13.0. The van der Waals surface area contributed by atoms with Crippen molar-refractivity contribution in [1.29, 1.82) is 0 Å². The van der Waals surface area contributed by atoms with Crippen molar-refractivity contribution in [3.8, 4) is 11.1 Å². The van der Waals surface area contributed by atoms with Gasteiger partial charge in [0.1, 0.15) is 5.58 Å². The van der Waals surface area contributed by atoms with E-state index < -0.39 is 5.63 Å². The zero-order chi connectivity index (χ0) is 28.3. The number of nitrogens with zero attached hydrogens (tertiary/aromatic N) is 2. The van der Waals surface area contributed by atoms with Crippen LogP contribution in [0.1, 0.15) is 15.9 Å². The molecule has 1 fully saturated rings. The Labute approximate surface area is 247 Å². The summed E-state index contributed by atoms with van der Waals surface area (Å²) in [5.41, 5.74) is 4.41. The van der Waals surface area contributed by atoms with E-state index in [9.17, 15) is 9.59 Å². The summed E-state index contributed by atoms with van der Waals surface area (Å²) in [5.74, 6) is -0.265. The molecule has 8 heteroatoms. The number of para-hydroxylation sites is 1. The smallest absolute Gasteiger partial charge is 0.344 e. The van der Waals surface area contributed by atoms with E-state index in [1.807, 2.05) is 48.5 Å². The molecule has 0 radical (unpaired) electrons. The molecule has 1 aliphatic heterocycles. The van der Waals surface area contributed by atoms with Crippen molar-refractivity contribution < 1.29 is 9.21 Å². The molecule has 6 rings (SSSR count). The standard InChI is InChI=1S/C33H27Cl2N3O3/c34-28-7-3-1-6-25(28)21-37-15-17-38(18-16-37)30-14-13-26(20-29(30)35)36-32(39)23-11-9-22(10-12-23)27-19-24-5-2-4-8-31(24)41-33(27)40/h1-14,19-20H,15-18,21H2,(H,36,39).